The number of hydrogen-bond acceptors (Lipinski definition) is 6. The van der Waals surface area contributed by atoms with Gasteiger partial charge in [0.15, 0.2) is 5.78 Å². The zero-order valence-corrected chi connectivity index (χ0v) is 22.0. The monoisotopic (exact) mass is 565 g/mol. The summed E-state index contributed by atoms with van der Waals surface area (Å²) in [6.07, 6.45) is -3.43. The predicted octanol–water partition coefficient (Wildman–Crippen LogP) is 5.92. The first-order valence-corrected chi connectivity index (χ1v) is 13.4. The lowest BCUT2D eigenvalue weighted by molar-refractivity contribution is -0.384. The number of anilines is 1. The predicted molar refractivity (Wildman–Crippen MR) is 143 cm³/mol. The molecule has 0 saturated carbocycles. The standard InChI is InChI=1S/C30H26F3N3O5/c1-2-41-20-14-10-18(11-15-20)27(37)25-24(17-8-12-19(13-9-17)36(39)40)23-7-4-16-35(23)29(25)21-5-3-6-22(30(31,32)33)26(21)34-28(29)38/h3,5-6,8-15,23-25H,2,4,7,16H2,1H3,(H,34,38)/t23?,24?,25?,29-/m1/s1. The van der Waals surface area contributed by atoms with Gasteiger partial charge in [-0.05, 0) is 62.2 Å². The zero-order chi connectivity index (χ0) is 29.1. The van der Waals surface area contributed by atoms with Gasteiger partial charge >= 0.3 is 6.18 Å². The van der Waals surface area contributed by atoms with Gasteiger partial charge in [0.1, 0.15) is 11.3 Å². The molecule has 1 spiro atoms. The van der Waals surface area contributed by atoms with Crippen LogP contribution in [0.5, 0.6) is 5.75 Å². The molecule has 41 heavy (non-hydrogen) atoms. The number of nitro benzene ring substituents is 1. The second-order valence-electron chi connectivity index (χ2n) is 10.5. The van der Waals surface area contributed by atoms with Crippen LogP contribution in [0.15, 0.2) is 66.7 Å². The van der Waals surface area contributed by atoms with E-state index in [1.54, 1.807) is 36.4 Å². The molecule has 3 unspecified atom stereocenters. The van der Waals surface area contributed by atoms with E-state index >= 15 is 0 Å². The lowest BCUT2D eigenvalue weighted by atomic mass is 9.68. The van der Waals surface area contributed by atoms with Crippen molar-refractivity contribution in [1.29, 1.82) is 0 Å². The number of nitro groups is 1. The van der Waals surface area contributed by atoms with E-state index in [0.29, 0.717) is 42.9 Å². The number of ketones is 1. The highest BCUT2D eigenvalue weighted by molar-refractivity contribution is 6.13. The van der Waals surface area contributed by atoms with Crippen molar-refractivity contribution < 1.29 is 32.4 Å². The molecule has 1 N–H and O–H groups in total. The molecule has 0 bridgehead atoms. The summed E-state index contributed by atoms with van der Waals surface area (Å²) in [6.45, 7) is 2.66. The summed E-state index contributed by atoms with van der Waals surface area (Å²) in [5.41, 5.74) is -2.09. The Kier molecular flexibility index (Phi) is 6.37. The molecule has 0 aromatic heterocycles. The maximum Gasteiger partial charge on any atom is 0.418 e. The molecule has 3 aliphatic rings. The number of alkyl halides is 3. The number of benzene rings is 3. The van der Waals surface area contributed by atoms with E-state index in [2.05, 4.69) is 5.32 Å². The first-order chi connectivity index (χ1) is 19.6. The van der Waals surface area contributed by atoms with Gasteiger partial charge in [0.25, 0.3) is 5.69 Å². The summed E-state index contributed by atoms with van der Waals surface area (Å²) in [7, 11) is 0. The molecule has 2 fully saturated rings. The fraction of sp³-hybridized carbons (Fsp3) is 0.333. The van der Waals surface area contributed by atoms with Crippen molar-refractivity contribution in [1.82, 2.24) is 4.90 Å². The summed E-state index contributed by atoms with van der Waals surface area (Å²) in [6, 6.07) is 15.7. The van der Waals surface area contributed by atoms with Crippen molar-refractivity contribution in [2.45, 2.75) is 43.4 Å². The average molecular weight is 566 g/mol. The number of halogens is 3. The largest absolute Gasteiger partial charge is 0.494 e. The van der Waals surface area contributed by atoms with Crippen LogP contribution in [0.2, 0.25) is 0 Å². The summed E-state index contributed by atoms with van der Waals surface area (Å²) in [5, 5.41) is 13.8. The number of carbonyl (C=O) groups excluding carboxylic acids is 2. The van der Waals surface area contributed by atoms with Gasteiger partial charge in [-0.2, -0.15) is 13.2 Å². The van der Waals surface area contributed by atoms with Crippen molar-refractivity contribution in [3.05, 3.63) is 99.1 Å². The maximum absolute atomic E-state index is 14.5. The third kappa shape index (κ3) is 4.01. The highest BCUT2D eigenvalue weighted by atomic mass is 19.4. The Hall–Kier alpha value is -4.25. The fourth-order valence-corrected chi connectivity index (χ4v) is 7.08. The molecule has 4 atom stereocenters. The van der Waals surface area contributed by atoms with Gasteiger partial charge in [-0.15, -0.1) is 0 Å². The zero-order valence-electron chi connectivity index (χ0n) is 22.0. The molecule has 8 nitrogen and oxygen atoms in total. The second-order valence-corrected chi connectivity index (χ2v) is 10.5. The number of hydrogen-bond donors (Lipinski definition) is 1. The molecule has 3 aliphatic heterocycles. The van der Waals surface area contributed by atoms with Crippen LogP contribution in [0.3, 0.4) is 0 Å². The summed E-state index contributed by atoms with van der Waals surface area (Å²) in [4.78, 5) is 41.3. The van der Waals surface area contributed by atoms with E-state index in [0.717, 1.165) is 6.07 Å². The summed E-state index contributed by atoms with van der Waals surface area (Å²) in [5.74, 6) is -2.23. The third-order valence-electron chi connectivity index (χ3n) is 8.56. The SMILES string of the molecule is CCOc1ccc(C(=O)C2C(c3ccc([N+](=O)[O-])cc3)C3CCCN3[C@@]23C(=O)Nc2c(C(F)(F)F)cccc23)cc1. The first kappa shape index (κ1) is 26.9. The topological polar surface area (TPSA) is 102 Å². The molecule has 212 valence electrons. The van der Waals surface area contributed by atoms with Crippen molar-refractivity contribution in [2.75, 3.05) is 18.5 Å². The van der Waals surface area contributed by atoms with Crippen molar-refractivity contribution in [3.8, 4) is 5.75 Å². The maximum atomic E-state index is 14.5. The van der Waals surface area contributed by atoms with E-state index in [4.69, 9.17) is 4.74 Å². The average Bonchev–Trinajstić information content (AvgIpc) is 3.61. The highest BCUT2D eigenvalue weighted by Crippen LogP contribution is 2.62. The van der Waals surface area contributed by atoms with E-state index in [1.165, 1.54) is 24.3 Å². The van der Waals surface area contributed by atoms with Crippen LogP contribution in [0.1, 0.15) is 52.7 Å². The molecule has 3 aromatic rings. The first-order valence-electron chi connectivity index (χ1n) is 13.4. The number of nitrogens with one attached hydrogen (secondary N) is 1. The van der Waals surface area contributed by atoms with E-state index < -0.39 is 45.7 Å². The molecule has 1 amide bonds. The number of nitrogens with zero attached hydrogens (tertiary/aromatic N) is 2. The number of ether oxygens (including phenoxy) is 1. The van der Waals surface area contributed by atoms with Crippen molar-refractivity contribution in [2.24, 2.45) is 5.92 Å². The molecular weight excluding hydrogens is 539 g/mol. The highest BCUT2D eigenvalue weighted by Gasteiger charge is 2.69. The Morgan fingerprint density at radius 2 is 1.83 bits per heavy atom. The van der Waals surface area contributed by atoms with Gasteiger partial charge < -0.3 is 10.1 Å². The molecule has 3 aromatic carbocycles. The van der Waals surface area contributed by atoms with Crippen molar-refractivity contribution in [3.63, 3.8) is 0 Å². The Morgan fingerprint density at radius 3 is 2.46 bits per heavy atom. The van der Waals surface area contributed by atoms with Gasteiger partial charge in [-0.3, -0.25) is 24.6 Å². The second kappa shape index (κ2) is 9.69. The van der Waals surface area contributed by atoms with Crippen LogP contribution in [-0.4, -0.2) is 40.7 Å². The number of fused-ring (bicyclic) bond motifs is 4. The van der Waals surface area contributed by atoms with Gasteiger partial charge in [0.2, 0.25) is 5.91 Å². The number of Topliss-reactive ketones (excluding diaryl/α,β-unsaturated/α-hetero) is 1. The van der Waals surface area contributed by atoms with Gasteiger partial charge in [0.05, 0.1) is 28.7 Å². The molecular formula is C30H26F3N3O5. The lowest BCUT2D eigenvalue weighted by Gasteiger charge is -2.37. The van der Waals surface area contributed by atoms with Gasteiger partial charge in [-0.1, -0.05) is 24.3 Å². The molecule has 2 saturated heterocycles. The molecule has 3 heterocycles. The number of amides is 1. The van der Waals surface area contributed by atoms with Crippen LogP contribution < -0.4 is 10.1 Å². The van der Waals surface area contributed by atoms with E-state index in [1.807, 2.05) is 11.8 Å². The van der Waals surface area contributed by atoms with Crippen LogP contribution >= 0.6 is 0 Å². The minimum absolute atomic E-state index is 0.123. The third-order valence-corrected chi connectivity index (χ3v) is 8.56. The molecule has 0 radical (unpaired) electrons. The molecule has 6 rings (SSSR count). The Balaban J connectivity index is 1.58. The summed E-state index contributed by atoms with van der Waals surface area (Å²) < 4.78 is 47.7. The number of rotatable bonds is 6. The fourth-order valence-electron chi connectivity index (χ4n) is 7.08. The normalized spacial score (nSPS) is 25.2. The van der Waals surface area contributed by atoms with E-state index in [-0.39, 0.29) is 23.0 Å². The minimum atomic E-state index is -4.72. The number of non-ortho nitro benzene ring substituents is 1. The van der Waals surface area contributed by atoms with Gasteiger partial charge in [0, 0.05) is 35.2 Å². The van der Waals surface area contributed by atoms with Crippen LogP contribution in [0.25, 0.3) is 0 Å². The quantitative estimate of drug-likeness (QED) is 0.226. The van der Waals surface area contributed by atoms with Crippen LogP contribution in [-0.2, 0) is 16.5 Å². The Morgan fingerprint density at radius 1 is 1.12 bits per heavy atom. The van der Waals surface area contributed by atoms with Gasteiger partial charge in [-0.25, -0.2) is 0 Å². The van der Waals surface area contributed by atoms with Crippen LogP contribution in [0, 0.1) is 16.0 Å². The van der Waals surface area contributed by atoms with Crippen LogP contribution in [0.4, 0.5) is 24.5 Å². The lowest BCUT2D eigenvalue weighted by Crippen LogP contribution is -2.52. The smallest absolute Gasteiger partial charge is 0.418 e. The Labute approximate surface area is 233 Å². The minimum Gasteiger partial charge on any atom is -0.494 e. The molecule has 0 aliphatic carbocycles. The van der Waals surface area contributed by atoms with Crippen molar-refractivity contribution >= 4 is 23.1 Å². The number of para-hydroxylation sites is 1. The van der Waals surface area contributed by atoms with E-state index in [9.17, 15) is 32.9 Å². The molecule has 11 heteroatoms. The Bertz CT molecular complexity index is 1540. The summed E-state index contributed by atoms with van der Waals surface area (Å²) >= 11 is 0. The number of carbonyl (C=O) groups is 2.